The maximum Gasteiger partial charge on any atom is 0.0399 e. The fourth-order valence-corrected chi connectivity index (χ4v) is 3.97. The van der Waals surface area contributed by atoms with Crippen LogP contribution in [-0.4, -0.2) is 37.6 Å². The Morgan fingerprint density at radius 3 is 2.54 bits per heavy atom. The second-order valence-electron chi connectivity index (χ2n) is 7.73. The molecule has 3 rings (SSSR count). The van der Waals surface area contributed by atoms with Gasteiger partial charge in [-0.2, -0.15) is 0 Å². The number of anilines is 1. The summed E-state index contributed by atoms with van der Waals surface area (Å²) >= 11 is 0. The topological polar surface area (TPSA) is 6.48 Å². The molecule has 130 valence electrons. The van der Waals surface area contributed by atoms with Crippen LogP contribution in [0.1, 0.15) is 37.3 Å². The molecule has 1 aliphatic carbocycles. The number of rotatable bonds is 4. The zero-order chi connectivity index (χ0) is 17.1. The van der Waals surface area contributed by atoms with Gasteiger partial charge in [0, 0.05) is 38.4 Å². The van der Waals surface area contributed by atoms with Gasteiger partial charge in [0.2, 0.25) is 0 Å². The molecular formula is C22H32N2. The van der Waals surface area contributed by atoms with E-state index in [1.165, 1.54) is 61.3 Å². The molecule has 2 nitrogen and oxygen atoms in total. The van der Waals surface area contributed by atoms with Gasteiger partial charge in [-0.25, -0.2) is 0 Å². The molecular weight excluding hydrogens is 292 g/mol. The summed E-state index contributed by atoms with van der Waals surface area (Å²) in [5.41, 5.74) is 7.18. The number of benzene rings is 1. The van der Waals surface area contributed by atoms with Crippen molar-refractivity contribution >= 4 is 5.69 Å². The standard InChI is InChI=1S/C22H32N2/c1-17(2)21-9-7-20(8-10-21)16-23-11-13-24(14-12-23)22-15-18(3)5-6-19(22)4/h5-7,15,21H,1,8-14,16H2,2-4H3/t21-/m0/s1. The van der Waals surface area contributed by atoms with E-state index in [1.54, 1.807) is 5.57 Å². The third kappa shape index (κ3) is 4.10. The van der Waals surface area contributed by atoms with Crippen LogP contribution < -0.4 is 4.90 Å². The minimum atomic E-state index is 0.717. The number of hydrogen-bond acceptors (Lipinski definition) is 2. The molecule has 24 heavy (non-hydrogen) atoms. The molecule has 0 N–H and O–H groups in total. The lowest BCUT2D eigenvalue weighted by molar-refractivity contribution is 0.273. The highest BCUT2D eigenvalue weighted by Crippen LogP contribution is 2.29. The van der Waals surface area contributed by atoms with Gasteiger partial charge in [0.25, 0.3) is 0 Å². The summed E-state index contributed by atoms with van der Waals surface area (Å²) in [6.45, 7) is 16.5. The first kappa shape index (κ1) is 17.3. The number of allylic oxidation sites excluding steroid dienone is 2. The van der Waals surface area contributed by atoms with Crippen molar-refractivity contribution in [1.82, 2.24) is 4.90 Å². The predicted octanol–water partition coefficient (Wildman–Crippen LogP) is 4.73. The molecule has 1 aromatic rings. The second kappa shape index (κ2) is 7.57. The van der Waals surface area contributed by atoms with E-state index in [9.17, 15) is 0 Å². The Kier molecular flexibility index (Phi) is 5.45. The first-order chi connectivity index (χ1) is 11.5. The fraction of sp³-hybridized carbons (Fsp3) is 0.545. The smallest absolute Gasteiger partial charge is 0.0399 e. The maximum absolute atomic E-state index is 4.12. The van der Waals surface area contributed by atoms with Crippen LogP contribution in [0.15, 0.2) is 42.0 Å². The average molecular weight is 325 g/mol. The molecule has 1 aromatic carbocycles. The average Bonchev–Trinajstić information content (AvgIpc) is 2.58. The van der Waals surface area contributed by atoms with Crippen molar-refractivity contribution in [2.45, 2.75) is 40.0 Å². The minimum absolute atomic E-state index is 0.717. The van der Waals surface area contributed by atoms with E-state index in [2.05, 4.69) is 61.4 Å². The zero-order valence-corrected chi connectivity index (χ0v) is 15.6. The van der Waals surface area contributed by atoms with Crippen molar-refractivity contribution in [2.24, 2.45) is 5.92 Å². The quantitative estimate of drug-likeness (QED) is 0.739. The van der Waals surface area contributed by atoms with Gasteiger partial charge in [0.15, 0.2) is 0 Å². The molecule has 0 unspecified atom stereocenters. The molecule has 1 aliphatic heterocycles. The van der Waals surface area contributed by atoms with E-state index in [4.69, 9.17) is 0 Å². The van der Waals surface area contributed by atoms with Crippen LogP contribution in [0.4, 0.5) is 5.69 Å². The van der Waals surface area contributed by atoms with Crippen LogP contribution >= 0.6 is 0 Å². The van der Waals surface area contributed by atoms with E-state index in [0.29, 0.717) is 0 Å². The fourth-order valence-electron chi connectivity index (χ4n) is 3.97. The van der Waals surface area contributed by atoms with Gasteiger partial charge in [-0.05, 0) is 63.1 Å². The van der Waals surface area contributed by atoms with Crippen LogP contribution in [-0.2, 0) is 0 Å². The molecule has 1 heterocycles. The largest absolute Gasteiger partial charge is 0.369 e. The Morgan fingerprint density at radius 2 is 1.92 bits per heavy atom. The monoisotopic (exact) mass is 324 g/mol. The lowest BCUT2D eigenvalue weighted by Gasteiger charge is -2.38. The highest BCUT2D eigenvalue weighted by molar-refractivity contribution is 5.55. The Balaban J connectivity index is 1.52. The van der Waals surface area contributed by atoms with Crippen LogP contribution in [0, 0.1) is 19.8 Å². The number of hydrogen-bond donors (Lipinski definition) is 0. The molecule has 0 bridgehead atoms. The summed E-state index contributed by atoms with van der Waals surface area (Å²) in [6, 6.07) is 6.80. The van der Waals surface area contributed by atoms with Crippen molar-refractivity contribution in [3.8, 4) is 0 Å². The van der Waals surface area contributed by atoms with Gasteiger partial charge in [-0.15, -0.1) is 0 Å². The van der Waals surface area contributed by atoms with Crippen molar-refractivity contribution < 1.29 is 0 Å². The summed E-state index contributed by atoms with van der Waals surface area (Å²) < 4.78 is 0. The van der Waals surface area contributed by atoms with E-state index < -0.39 is 0 Å². The normalized spacial score (nSPS) is 22.4. The molecule has 0 aromatic heterocycles. The summed E-state index contributed by atoms with van der Waals surface area (Å²) in [4.78, 5) is 5.19. The third-order valence-corrected chi connectivity index (χ3v) is 5.71. The third-order valence-electron chi connectivity index (χ3n) is 5.71. The maximum atomic E-state index is 4.12. The molecule has 2 heteroatoms. The van der Waals surface area contributed by atoms with Gasteiger partial charge in [-0.3, -0.25) is 4.90 Å². The number of nitrogens with zero attached hydrogens (tertiary/aromatic N) is 2. The van der Waals surface area contributed by atoms with Crippen molar-refractivity contribution in [3.05, 3.63) is 53.1 Å². The molecule has 1 atom stereocenters. The van der Waals surface area contributed by atoms with Gasteiger partial charge >= 0.3 is 0 Å². The van der Waals surface area contributed by atoms with Crippen LogP contribution in [0.3, 0.4) is 0 Å². The molecule has 1 saturated heterocycles. The van der Waals surface area contributed by atoms with Crippen LogP contribution in [0.5, 0.6) is 0 Å². The van der Waals surface area contributed by atoms with Crippen LogP contribution in [0.2, 0.25) is 0 Å². The van der Waals surface area contributed by atoms with E-state index in [1.807, 2.05) is 0 Å². The van der Waals surface area contributed by atoms with Gasteiger partial charge in [0.05, 0.1) is 0 Å². The predicted molar refractivity (Wildman–Crippen MR) is 105 cm³/mol. The Hall–Kier alpha value is -1.54. The van der Waals surface area contributed by atoms with Gasteiger partial charge in [0.1, 0.15) is 0 Å². The Labute approximate surface area is 147 Å². The van der Waals surface area contributed by atoms with E-state index in [-0.39, 0.29) is 0 Å². The second-order valence-corrected chi connectivity index (χ2v) is 7.73. The lowest BCUT2D eigenvalue weighted by Crippen LogP contribution is -2.47. The van der Waals surface area contributed by atoms with Gasteiger partial charge in [-0.1, -0.05) is 35.9 Å². The summed E-state index contributed by atoms with van der Waals surface area (Å²) in [6.07, 6.45) is 6.24. The molecule has 1 fully saturated rings. The molecule has 2 aliphatic rings. The molecule has 0 radical (unpaired) electrons. The molecule has 0 spiro atoms. The summed E-state index contributed by atoms with van der Waals surface area (Å²) in [5, 5.41) is 0. The highest BCUT2D eigenvalue weighted by atomic mass is 15.3. The van der Waals surface area contributed by atoms with Crippen molar-refractivity contribution in [3.63, 3.8) is 0 Å². The minimum Gasteiger partial charge on any atom is -0.369 e. The highest BCUT2D eigenvalue weighted by Gasteiger charge is 2.21. The van der Waals surface area contributed by atoms with E-state index in [0.717, 1.165) is 19.0 Å². The van der Waals surface area contributed by atoms with Crippen LogP contribution in [0.25, 0.3) is 0 Å². The van der Waals surface area contributed by atoms with Gasteiger partial charge < -0.3 is 4.90 Å². The molecule has 0 saturated carbocycles. The Morgan fingerprint density at radius 1 is 1.17 bits per heavy atom. The number of aryl methyl sites for hydroxylation is 2. The lowest BCUT2D eigenvalue weighted by atomic mass is 9.85. The first-order valence-corrected chi connectivity index (χ1v) is 9.41. The van der Waals surface area contributed by atoms with Crippen molar-refractivity contribution in [1.29, 1.82) is 0 Å². The SMILES string of the molecule is C=C(C)[C@H]1CC=C(CN2CCN(c3cc(C)ccc3C)CC2)CC1. The number of piperazine rings is 1. The first-order valence-electron chi connectivity index (χ1n) is 9.41. The molecule has 0 amide bonds. The zero-order valence-electron chi connectivity index (χ0n) is 15.6. The Bertz CT molecular complexity index is 621. The van der Waals surface area contributed by atoms with E-state index >= 15 is 0 Å². The van der Waals surface area contributed by atoms with Crippen molar-refractivity contribution in [2.75, 3.05) is 37.6 Å². The summed E-state index contributed by atoms with van der Waals surface area (Å²) in [7, 11) is 0. The summed E-state index contributed by atoms with van der Waals surface area (Å²) in [5.74, 6) is 0.717.